The Hall–Kier alpha value is -0.580. The first-order valence-corrected chi connectivity index (χ1v) is 4.76. The minimum absolute atomic E-state index is 0.304. The van der Waals surface area contributed by atoms with Crippen molar-refractivity contribution in [1.29, 1.82) is 0 Å². The van der Waals surface area contributed by atoms with Gasteiger partial charge >= 0.3 is 0 Å². The van der Waals surface area contributed by atoms with Crippen LogP contribution < -0.4 is 5.48 Å². The average molecular weight is 204 g/mol. The topological polar surface area (TPSA) is 60.9 Å². The molecule has 1 aromatic heterocycles. The summed E-state index contributed by atoms with van der Waals surface area (Å²) in [5, 5.41) is 8.91. The van der Waals surface area contributed by atoms with Crippen LogP contribution in [0, 0.1) is 0 Å². The molecule has 1 aromatic rings. The molecule has 0 saturated heterocycles. The third-order valence-electron chi connectivity index (χ3n) is 1.80. The second kappa shape index (κ2) is 5.21. The van der Waals surface area contributed by atoms with E-state index in [1.165, 1.54) is 0 Å². The summed E-state index contributed by atoms with van der Waals surface area (Å²) in [7, 11) is 0. The van der Waals surface area contributed by atoms with Crippen LogP contribution in [-0.4, -0.2) is 15.2 Å². The lowest BCUT2D eigenvalue weighted by atomic mass is 10.2. The summed E-state index contributed by atoms with van der Waals surface area (Å²) < 4.78 is 0. The fourth-order valence-corrected chi connectivity index (χ4v) is 1.31. The Bertz CT molecular complexity index is 262. The molecule has 0 spiro atoms. The predicted molar refractivity (Wildman–Crippen MR) is 50.8 cm³/mol. The number of rotatable bonds is 5. The lowest BCUT2D eigenvalue weighted by Crippen LogP contribution is -2.06. The lowest BCUT2D eigenvalue weighted by molar-refractivity contribution is 0.160. The summed E-state index contributed by atoms with van der Waals surface area (Å²) in [6.07, 6.45) is 3.13. The Morgan fingerprint density at radius 1 is 1.62 bits per heavy atom. The Balaban J connectivity index is 2.59. The van der Waals surface area contributed by atoms with Gasteiger partial charge in [0.15, 0.2) is 5.15 Å². The van der Waals surface area contributed by atoms with E-state index in [9.17, 15) is 0 Å². The number of imidazole rings is 1. The summed E-state index contributed by atoms with van der Waals surface area (Å²) in [5.41, 5.74) is 2.77. The number of hydrogen-bond acceptors (Lipinski definition) is 3. The molecule has 0 radical (unpaired) electrons. The Morgan fingerprint density at radius 3 is 3.00 bits per heavy atom. The number of aromatic nitrogens is 2. The first kappa shape index (κ1) is 10.5. The molecule has 0 bridgehead atoms. The van der Waals surface area contributed by atoms with Crippen molar-refractivity contribution in [3.8, 4) is 0 Å². The molecule has 13 heavy (non-hydrogen) atoms. The molecule has 0 unspecified atom stereocenters. The molecular formula is C8H14ClN3O. The largest absolute Gasteiger partial charge is 0.343 e. The van der Waals surface area contributed by atoms with Crippen molar-refractivity contribution in [2.45, 2.75) is 32.7 Å². The predicted octanol–water partition coefficient (Wildman–Crippen LogP) is 1.88. The Labute approximate surface area is 82.3 Å². The molecule has 0 aliphatic heterocycles. The third kappa shape index (κ3) is 2.99. The van der Waals surface area contributed by atoms with Gasteiger partial charge in [-0.05, 0) is 6.42 Å². The van der Waals surface area contributed by atoms with Crippen molar-refractivity contribution in [3.05, 3.63) is 16.7 Å². The number of hydrogen-bond donors (Lipinski definition) is 3. The Morgan fingerprint density at radius 2 is 2.38 bits per heavy atom. The number of halogens is 1. The van der Waals surface area contributed by atoms with Crippen LogP contribution in [-0.2, 0) is 13.0 Å². The van der Waals surface area contributed by atoms with Gasteiger partial charge in [0, 0.05) is 6.42 Å². The van der Waals surface area contributed by atoms with E-state index >= 15 is 0 Å². The van der Waals surface area contributed by atoms with Gasteiger partial charge in [0.1, 0.15) is 5.82 Å². The van der Waals surface area contributed by atoms with Crippen molar-refractivity contribution in [2.24, 2.45) is 0 Å². The van der Waals surface area contributed by atoms with E-state index in [1.54, 1.807) is 0 Å². The zero-order valence-electron chi connectivity index (χ0n) is 7.60. The van der Waals surface area contributed by atoms with Gasteiger partial charge < -0.3 is 10.2 Å². The Kier molecular flexibility index (Phi) is 4.21. The van der Waals surface area contributed by atoms with Crippen LogP contribution in [0.15, 0.2) is 0 Å². The number of hydroxylamine groups is 1. The van der Waals surface area contributed by atoms with E-state index in [1.807, 2.05) is 5.48 Å². The highest BCUT2D eigenvalue weighted by Gasteiger charge is 2.06. The standard InChI is InChI=1S/C8H14ClN3O/c1-2-3-4-7-11-6(5-10-13)8(9)12-7/h10,13H,2-5H2,1H3,(H,11,12). The van der Waals surface area contributed by atoms with Crippen LogP contribution in [0.1, 0.15) is 31.3 Å². The quantitative estimate of drug-likeness (QED) is 0.641. The van der Waals surface area contributed by atoms with Crippen LogP contribution in [0.25, 0.3) is 0 Å². The zero-order valence-corrected chi connectivity index (χ0v) is 8.36. The molecule has 74 valence electrons. The van der Waals surface area contributed by atoms with Gasteiger partial charge in [-0.25, -0.2) is 4.98 Å². The number of H-pyrrole nitrogens is 1. The normalized spacial score (nSPS) is 10.7. The molecule has 0 aliphatic carbocycles. The molecule has 1 heterocycles. The van der Waals surface area contributed by atoms with Crippen LogP contribution in [0.4, 0.5) is 0 Å². The molecule has 0 atom stereocenters. The third-order valence-corrected chi connectivity index (χ3v) is 2.11. The monoisotopic (exact) mass is 203 g/mol. The van der Waals surface area contributed by atoms with Gasteiger partial charge in [-0.1, -0.05) is 24.9 Å². The maximum absolute atomic E-state index is 8.47. The molecule has 4 nitrogen and oxygen atoms in total. The van der Waals surface area contributed by atoms with Crippen LogP contribution in [0.5, 0.6) is 0 Å². The van der Waals surface area contributed by atoms with Crippen molar-refractivity contribution >= 4 is 11.6 Å². The summed E-state index contributed by atoms with van der Waals surface area (Å²) in [6.45, 7) is 2.43. The maximum atomic E-state index is 8.47. The SMILES string of the molecule is CCCCc1nc(Cl)c(CNO)[nH]1. The highest BCUT2D eigenvalue weighted by Crippen LogP contribution is 2.13. The molecule has 5 heteroatoms. The van der Waals surface area contributed by atoms with Gasteiger partial charge in [-0.3, -0.25) is 0 Å². The maximum Gasteiger partial charge on any atom is 0.151 e. The van der Waals surface area contributed by atoms with Crippen molar-refractivity contribution in [3.63, 3.8) is 0 Å². The van der Waals surface area contributed by atoms with E-state index in [2.05, 4.69) is 16.9 Å². The number of nitrogens with one attached hydrogen (secondary N) is 2. The number of nitrogens with zero attached hydrogens (tertiary/aromatic N) is 1. The summed E-state index contributed by atoms with van der Waals surface area (Å²) in [6, 6.07) is 0. The molecule has 1 rings (SSSR count). The average Bonchev–Trinajstić information content (AvgIpc) is 2.45. The van der Waals surface area contributed by atoms with Gasteiger partial charge in [-0.2, -0.15) is 5.48 Å². The highest BCUT2D eigenvalue weighted by molar-refractivity contribution is 6.30. The molecule has 0 aliphatic rings. The summed E-state index contributed by atoms with van der Waals surface area (Å²) in [4.78, 5) is 7.18. The van der Waals surface area contributed by atoms with E-state index in [0.29, 0.717) is 11.7 Å². The lowest BCUT2D eigenvalue weighted by Gasteiger charge is -1.94. The van der Waals surface area contributed by atoms with Crippen LogP contribution >= 0.6 is 11.6 Å². The zero-order chi connectivity index (χ0) is 9.68. The number of aryl methyl sites for hydroxylation is 1. The second-order valence-electron chi connectivity index (χ2n) is 2.89. The first-order chi connectivity index (χ1) is 6.27. The first-order valence-electron chi connectivity index (χ1n) is 4.38. The molecule has 0 fully saturated rings. The van der Waals surface area contributed by atoms with Crippen LogP contribution in [0.2, 0.25) is 5.15 Å². The van der Waals surface area contributed by atoms with E-state index in [-0.39, 0.29) is 0 Å². The highest BCUT2D eigenvalue weighted by atomic mass is 35.5. The molecule has 0 saturated carbocycles. The van der Waals surface area contributed by atoms with E-state index in [4.69, 9.17) is 16.8 Å². The van der Waals surface area contributed by atoms with Crippen LogP contribution in [0.3, 0.4) is 0 Å². The van der Waals surface area contributed by atoms with E-state index in [0.717, 1.165) is 30.8 Å². The summed E-state index contributed by atoms with van der Waals surface area (Å²) in [5.74, 6) is 0.886. The molecule has 0 amide bonds. The van der Waals surface area contributed by atoms with E-state index < -0.39 is 0 Å². The molecule has 0 aromatic carbocycles. The van der Waals surface area contributed by atoms with Gasteiger partial charge in [0.25, 0.3) is 0 Å². The molecule has 3 N–H and O–H groups in total. The fourth-order valence-electron chi connectivity index (χ4n) is 1.10. The van der Waals surface area contributed by atoms with Crippen molar-refractivity contribution in [1.82, 2.24) is 15.4 Å². The minimum atomic E-state index is 0.304. The summed E-state index contributed by atoms with van der Waals surface area (Å²) >= 11 is 5.81. The minimum Gasteiger partial charge on any atom is -0.343 e. The van der Waals surface area contributed by atoms with Crippen molar-refractivity contribution < 1.29 is 5.21 Å². The smallest absolute Gasteiger partial charge is 0.151 e. The fraction of sp³-hybridized carbons (Fsp3) is 0.625. The van der Waals surface area contributed by atoms with Gasteiger partial charge in [0.05, 0.1) is 12.2 Å². The van der Waals surface area contributed by atoms with Gasteiger partial charge in [0.2, 0.25) is 0 Å². The number of aromatic amines is 1. The molecular weight excluding hydrogens is 190 g/mol. The second-order valence-corrected chi connectivity index (χ2v) is 3.25. The van der Waals surface area contributed by atoms with Gasteiger partial charge in [-0.15, -0.1) is 0 Å². The number of unbranched alkanes of at least 4 members (excludes halogenated alkanes) is 1. The van der Waals surface area contributed by atoms with Crippen molar-refractivity contribution in [2.75, 3.05) is 0 Å².